The minimum Gasteiger partial charge on any atom is -0.464 e. The first-order valence-corrected chi connectivity index (χ1v) is 7.55. The number of hydrazine groups is 1. The van der Waals surface area contributed by atoms with Gasteiger partial charge in [-0.3, -0.25) is 0 Å². The Morgan fingerprint density at radius 3 is 2.68 bits per heavy atom. The van der Waals surface area contributed by atoms with E-state index in [-0.39, 0.29) is 12.6 Å². The molecule has 120 valence electrons. The smallest absolute Gasteiger partial charge is 0.426 e. The second-order valence-corrected chi connectivity index (χ2v) is 5.75. The van der Waals surface area contributed by atoms with Gasteiger partial charge < -0.3 is 9.84 Å². The molecule has 0 radical (unpaired) electrons. The van der Waals surface area contributed by atoms with E-state index in [1.165, 1.54) is 0 Å². The van der Waals surface area contributed by atoms with Crippen LogP contribution < -0.4 is 5.43 Å². The van der Waals surface area contributed by atoms with Gasteiger partial charge in [0.1, 0.15) is 6.61 Å². The summed E-state index contributed by atoms with van der Waals surface area (Å²) in [5.74, 6) is 0.461. The van der Waals surface area contributed by atoms with E-state index < -0.39 is 12.2 Å². The molecule has 0 bridgehead atoms. The van der Waals surface area contributed by atoms with Crippen molar-refractivity contribution < 1.29 is 19.4 Å². The van der Waals surface area contributed by atoms with Gasteiger partial charge in [-0.1, -0.05) is 50.1 Å². The Bertz CT molecular complexity index is 506. The fraction of sp³-hybridized carbons (Fsp3) is 0.500. The molecule has 0 spiro atoms. The van der Waals surface area contributed by atoms with Crippen LogP contribution in [0.4, 0.5) is 9.59 Å². The molecule has 6 nitrogen and oxygen atoms in total. The maximum absolute atomic E-state index is 11.8. The molecule has 1 aliphatic carbocycles. The van der Waals surface area contributed by atoms with Crippen molar-refractivity contribution in [3.63, 3.8) is 0 Å². The van der Waals surface area contributed by atoms with Crippen LogP contribution in [0, 0.1) is 5.92 Å². The fourth-order valence-corrected chi connectivity index (χ4v) is 2.79. The monoisotopic (exact) mass is 306 g/mol. The number of carbonyl (C=O) groups excluding carboxylic acids is 1. The lowest BCUT2D eigenvalue weighted by Crippen LogP contribution is -2.52. The quantitative estimate of drug-likeness (QED) is 0.839. The van der Waals surface area contributed by atoms with Crippen LogP contribution in [0.25, 0.3) is 0 Å². The van der Waals surface area contributed by atoms with Gasteiger partial charge in [0.05, 0.1) is 6.04 Å². The standard InChI is InChI=1S/C16H22N2O4/c1-12-6-5-9-14(10-12)18(16(20)21)17-15(19)22-11-13-7-3-2-4-8-13/h2-4,7-8,12,14H,5-6,9-11H2,1H3,(H,17,19)(H,20,21). The van der Waals surface area contributed by atoms with E-state index in [1.807, 2.05) is 30.3 Å². The predicted octanol–water partition coefficient (Wildman–Crippen LogP) is 3.39. The molecule has 0 heterocycles. The molecule has 6 heteroatoms. The van der Waals surface area contributed by atoms with Crippen molar-refractivity contribution >= 4 is 12.2 Å². The first-order chi connectivity index (χ1) is 10.6. The van der Waals surface area contributed by atoms with Crippen LogP contribution in [-0.4, -0.2) is 28.3 Å². The Balaban J connectivity index is 1.87. The van der Waals surface area contributed by atoms with Gasteiger partial charge in [0.25, 0.3) is 0 Å². The molecule has 2 rings (SSSR count). The lowest BCUT2D eigenvalue weighted by atomic mass is 9.87. The summed E-state index contributed by atoms with van der Waals surface area (Å²) in [5.41, 5.74) is 3.20. The average Bonchev–Trinajstić information content (AvgIpc) is 2.51. The molecule has 1 saturated carbocycles. The molecule has 2 atom stereocenters. The molecule has 1 aromatic rings. The third kappa shape index (κ3) is 4.65. The lowest BCUT2D eigenvalue weighted by molar-refractivity contribution is 0.0549. The third-order valence-corrected chi connectivity index (χ3v) is 3.90. The van der Waals surface area contributed by atoms with Crippen LogP contribution in [-0.2, 0) is 11.3 Å². The van der Waals surface area contributed by atoms with Crippen molar-refractivity contribution in [1.29, 1.82) is 0 Å². The van der Waals surface area contributed by atoms with Crippen molar-refractivity contribution in [2.24, 2.45) is 5.92 Å². The van der Waals surface area contributed by atoms with E-state index >= 15 is 0 Å². The van der Waals surface area contributed by atoms with Crippen molar-refractivity contribution in [1.82, 2.24) is 10.4 Å². The van der Waals surface area contributed by atoms with Gasteiger partial charge in [-0.05, 0) is 24.3 Å². The Morgan fingerprint density at radius 1 is 1.32 bits per heavy atom. The average molecular weight is 306 g/mol. The lowest BCUT2D eigenvalue weighted by Gasteiger charge is -2.34. The molecule has 2 unspecified atom stereocenters. The number of hydrogen-bond donors (Lipinski definition) is 2. The predicted molar refractivity (Wildman–Crippen MR) is 81.0 cm³/mol. The summed E-state index contributed by atoms with van der Waals surface area (Å²) in [6, 6.07) is 9.06. The van der Waals surface area contributed by atoms with Crippen LogP contribution in [0.15, 0.2) is 30.3 Å². The number of benzene rings is 1. The number of carboxylic acid groups (broad SMARTS) is 1. The molecule has 0 aliphatic heterocycles. The summed E-state index contributed by atoms with van der Waals surface area (Å²) >= 11 is 0. The van der Waals surface area contributed by atoms with Crippen LogP contribution >= 0.6 is 0 Å². The van der Waals surface area contributed by atoms with Gasteiger partial charge in [0, 0.05) is 0 Å². The maximum Gasteiger partial charge on any atom is 0.426 e. The second kappa shape index (κ2) is 7.68. The highest BCUT2D eigenvalue weighted by molar-refractivity contribution is 5.73. The summed E-state index contributed by atoms with van der Waals surface area (Å²) in [5, 5.41) is 10.3. The molecule has 1 aromatic carbocycles. The van der Waals surface area contributed by atoms with Crippen molar-refractivity contribution in [3.05, 3.63) is 35.9 Å². The Labute approximate surface area is 130 Å². The minimum atomic E-state index is -1.16. The van der Waals surface area contributed by atoms with E-state index in [1.54, 1.807) is 0 Å². The number of hydrogen-bond acceptors (Lipinski definition) is 3. The number of nitrogens with one attached hydrogen (secondary N) is 1. The molecular formula is C16H22N2O4. The van der Waals surface area contributed by atoms with Crippen LogP contribution in [0.1, 0.15) is 38.2 Å². The van der Waals surface area contributed by atoms with Gasteiger partial charge in [-0.25, -0.2) is 20.0 Å². The number of nitrogens with zero attached hydrogens (tertiary/aromatic N) is 1. The van der Waals surface area contributed by atoms with E-state index in [0.717, 1.165) is 36.3 Å². The van der Waals surface area contributed by atoms with Gasteiger partial charge in [0.2, 0.25) is 0 Å². The Kier molecular flexibility index (Phi) is 5.63. The van der Waals surface area contributed by atoms with E-state index in [2.05, 4.69) is 12.3 Å². The van der Waals surface area contributed by atoms with Crippen LogP contribution in [0.3, 0.4) is 0 Å². The molecule has 1 fully saturated rings. The zero-order valence-electron chi connectivity index (χ0n) is 12.7. The molecule has 2 amide bonds. The van der Waals surface area contributed by atoms with Crippen molar-refractivity contribution in [2.75, 3.05) is 0 Å². The zero-order chi connectivity index (χ0) is 15.9. The van der Waals surface area contributed by atoms with E-state index in [9.17, 15) is 14.7 Å². The second-order valence-electron chi connectivity index (χ2n) is 5.75. The minimum absolute atomic E-state index is 0.112. The normalized spacial score (nSPS) is 21.0. The highest BCUT2D eigenvalue weighted by Crippen LogP contribution is 2.26. The van der Waals surface area contributed by atoms with Crippen LogP contribution in [0.2, 0.25) is 0 Å². The largest absolute Gasteiger partial charge is 0.464 e. The highest BCUT2D eigenvalue weighted by Gasteiger charge is 2.29. The molecular weight excluding hydrogens is 284 g/mol. The summed E-state index contributed by atoms with van der Waals surface area (Å²) in [4.78, 5) is 23.2. The first-order valence-electron chi connectivity index (χ1n) is 7.55. The van der Waals surface area contributed by atoms with Gasteiger partial charge >= 0.3 is 12.2 Å². The number of carbonyl (C=O) groups is 2. The summed E-state index contributed by atoms with van der Waals surface area (Å²) in [6.07, 6.45) is 1.68. The van der Waals surface area contributed by atoms with Crippen molar-refractivity contribution in [3.8, 4) is 0 Å². The molecule has 22 heavy (non-hydrogen) atoms. The Morgan fingerprint density at radius 2 is 2.05 bits per heavy atom. The fourth-order valence-electron chi connectivity index (χ4n) is 2.79. The number of amides is 2. The maximum atomic E-state index is 11.8. The van der Waals surface area contributed by atoms with Crippen LogP contribution in [0.5, 0.6) is 0 Å². The van der Waals surface area contributed by atoms with Crippen molar-refractivity contribution in [2.45, 2.75) is 45.3 Å². The molecule has 1 aliphatic rings. The van der Waals surface area contributed by atoms with E-state index in [0.29, 0.717) is 5.92 Å². The third-order valence-electron chi connectivity index (χ3n) is 3.90. The summed E-state index contributed by atoms with van der Waals surface area (Å²) < 4.78 is 5.07. The van der Waals surface area contributed by atoms with Gasteiger partial charge in [-0.2, -0.15) is 0 Å². The molecule has 2 N–H and O–H groups in total. The topological polar surface area (TPSA) is 78.9 Å². The number of rotatable bonds is 3. The first kappa shape index (κ1) is 16.1. The van der Waals surface area contributed by atoms with Gasteiger partial charge in [0.15, 0.2) is 0 Å². The zero-order valence-corrected chi connectivity index (χ0v) is 12.7. The Hall–Kier alpha value is -2.24. The molecule has 0 saturated heterocycles. The summed E-state index contributed by atoms with van der Waals surface area (Å²) in [7, 11) is 0. The SMILES string of the molecule is CC1CCCC(N(NC(=O)OCc2ccccc2)C(=O)O)C1. The highest BCUT2D eigenvalue weighted by atomic mass is 16.6. The van der Waals surface area contributed by atoms with E-state index in [4.69, 9.17) is 4.74 Å². The molecule has 0 aromatic heterocycles. The number of ether oxygens (including phenoxy) is 1. The van der Waals surface area contributed by atoms with Gasteiger partial charge in [-0.15, -0.1) is 0 Å². The summed E-state index contributed by atoms with van der Waals surface area (Å²) in [6.45, 7) is 2.21.